The molecule has 0 aliphatic carbocycles. The van der Waals surface area contributed by atoms with Crippen molar-refractivity contribution < 1.29 is 0 Å². The molecule has 1 aromatic carbocycles. The van der Waals surface area contributed by atoms with Crippen LogP contribution in [0.2, 0.25) is 0 Å². The number of hydrogen-bond acceptors (Lipinski definition) is 8. The summed E-state index contributed by atoms with van der Waals surface area (Å²) in [6.45, 7) is 0.546. The number of nitrogens with zero attached hydrogens (tertiary/aromatic N) is 6. The third kappa shape index (κ3) is 4.02. The predicted molar refractivity (Wildman–Crippen MR) is 91.9 cm³/mol. The molecule has 2 heterocycles. The summed E-state index contributed by atoms with van der Waals surface area (Å²) in [4.78, 5) is 20.3. The summed E-state index contributed by atoms with van der Waals surface area (Å²) in [5.41, 5.74) is 0.864. The second-order valence-electron chi connectivity index (χ2n) is 5.14. The quantitative estimate of drug-likeness (QED) is 0.497. The molecule has 0 aliphatic heterocycles. The Morgan fingerprint density at radius 2 is 2.12 bits per heavy atom. The van der Waals surface area contributed by atoms with Gasteiger partial charge in [0.05, 0.1) is 5.75 Å². The number of rotatable bonds is 6. The Balaban J connectivity index is 1.88. The van der Waals surface area contributed by atoms with Gasteiger partial charge in [-0.2, -0.15) is 15.5 Å². The zero-order valence-corrected chi connectivity index (χ0v) is 14.1. The van der Waals surface area contributed by atoms with Gasteiger partial charge in [-0.1, -0.05) is 47.3 Å². The monoisotopic (exact) mass is 354 g/mol. The highest BCUT2D eigenvalue weighted by Gasteiger charge is 2.17. The molecule has 0 radical (unpaired) electrons. The third-order valence-electron chi connectivity index (χ3n) is 3.36. The maximum absolute atomic E-state index is 11.9. The lowest BCUT2D eigenvalue weighted by molar-refractivity contribution is 0.854. The SMILES string of the molecule is CN(Cc1ccccc1)c1[nH]c(=O)nc(SCc2nn[nH]n2)c1C#N. The second kappa shape index (κ2) is 7.59. The fourth-order valence-electron chi connectivity index (χ4n) is 2.25. The molecule has 10 heteroatoms. The van der Waals surface area contributed by atoms with Gasteiger partial charge in [-0.05, 0) is 5.56 Å². The fourth-order valence-corrected chi connectivity index (χ4v) is 3.07. The number of hydrogen-bond donors (Lipinski definition) is 2. The average molecular weight is 354 g/mol. The van der Waals surface area contributed by atoms with Crippen LogP contribution in [0.4, 0.5) is 5.82 Å². The van der Waals surface area contributed by atoms with Crippen LogP contribution < -0.4 is 10.6 Å². The maximum atomic E-state index is 11.9. The number of H-pyrrole nitrogens is 2. The molecular weight excluding hydrogens is 340 g/mol. The number of aromatic nitrogens is 6. The van der Waals surface area contributed by atoms with Gasteiger partial charge in [0.25, 0.3) is 0 Å². The number of tetrazole rings is 1. The first kappa shape index (κ1) is 16.7. The van der Waals surface area contributed by atoms with Gasteiger partial charge in [-0.25, -0.2) is 4.79 Å². The molecule has 0 spiro atoms. The van der Waals surface area contributed by atoms with E-state index in [-0.39, 0.29) is 0 Å². The molecular formula is C15H14N8OS. The van der Waals surface area contributed by atoms with E-state index < -0.39 is 5.69 Å². The largest absolute Gasteiger partial charge is 0.356 e. The molecule has 9 nitrogen and oxygen atoms in total. The van der Waals surface area contributed by atoms with Gasteiger partial charge in [0.15, 0.2) is 5.82 Å². The number of nitrogens with one attached hydrogen (secondary N) is 2. The number of benzene rings is 1. The van der Waals surface area contributed by atoms with Crippen LogP contribution >= 0.6 is 11.8 Å². The van der Waals surface area contributed by atoms with Crippen LogP contribution in [0.1, 0.15) is 17.0 Å². The summed E-state index contributed by atoms with van der Waals surface area (Å²) in [6, 6.07) is 11.9. The van der Waals surface area contributed by atoms with Gasteiger partial charge in [-0.15, -0.1) is 10.2 Å². The molecule has 0 amide bonds. The van der Waals surface area contributed by atoms with E-state index in [1.54, 1.807) is 0 Å². The van der Waals surface area contributed by atoms with Crippen LogP contribution in [0.5, 0.6) is 0 Å². The van der Waals surface area contributed by atoms with Crippen molar-refractivity contribution in [2.45, 2.75) is 17.3 Å². The van der Waals surface area contributed by atoms with Crippen molar-refractivity contribution in [2.24, 2.45) is 0 Å². The molecule has 0 saturated carbocycles. The minimum atomic E-state index is -0.510. The molecule has 0 fully saturated rings. The van der Waals surface area contributed by atoms with E-state index in [9.17, 15) is 10.1 Å². The van der Waals surface area contributed by atoms with Gasteiger partial charge >= 0.3 is 5.69 Å². The molecule has 0 bridgehead atoms. The summed E-state index contributed by atoms with van der Waals surface area (Å²) in [5.74, 6) is 1.25. The molecule has 0 saturated heterocycles. The Morgan fingerprint density at radius 3 is 2.80 bits per heavy atom. The standard InChI is InChI=1S/C15H14N8OS/c1-23(8-10-5-3-2-4-6-10)13-11(7-16)14(18-15(24)17-13)25-9-12-19-21-22-20-12/h2-6H,8-9H2,1H3,(H,17,18,24)(H,19,20,21,22). The van der Waals surface area contributed by atoms with E-state index in [2.05, 4.69) is 36.7 Å². The molecule has 0 atom stereocenters. The number of nitriles is 1. The summed E-state index contributed by atoms with van der Waals surface area (Å²) >= 11 is 1.22. The summed E-state index contributed by atoms with van der Waals surface area (Å²) in [5, 5.41) is 23.4. The van der Waals surface area contributed by atoms with Crippen molar-refractivity contribution in [1.29, 1.82) is 5.26 Å². The van der Waals surface area contributed by atoms with E-state index in [1.165, 1.54) is 11.8 Å². The van der Waals surface area contributed by atoms with Gasteiger partial charge in [-0.3, -0.25) is 4.98 Å². The first-order valence-electron chi connectivity index (χ1n) is 7.32. The second-order valence-corrected chi connectivity index (χ2v) is 6.10. The minimum absolute atomic E-state index is 0.312. The van der Waals surface area contributed by atoms with Crippen LogP contribution in [-0.2, 0) is 12.3 Å². The van der Waals surface area contributed by atoms with E-state index in [0.717, 1.165) is 5.56 Å². The van der Waals surface area contributed by atoms with Gasteiger partial charge < -0.3 is 4.90 Å². The van der Waals surface area contributed by atoms with Gasteiger partial charge in [0, 0.05) is 13.6 Å². The molecule has 2 N–H and O–H groups in total. The Labute approximate surface area is 147 Å². The van der Waals surface area contributed by atoms with E-state index in [0.29, 0.717) is 34.5 Å². The van der Waals surface area contributed by atoms with Crippen molar-refractivity contribution in [2.75, 3.05) is 11.9 Å². The summed E-state index contributed by atoms with van der Waals surface area (Å²) in [7, 11) is 1.81. The topological polar surface area (TPSA) is 127 Å². The summed E-state index contributed by atoms with van der Waals surface area (Å²) < 4.78 is 0. The lowest BCUT2D eigenvalue weighted by atomic mass is 10.2. The molecule has 25 heavy (non-hydrogen) atoms. The molecule has 0 aliphatic rings. The van der Waals surface area contributed by atoms with E-state index in [4.69, 9.17) is 0 Å². The number of thioether (sulfide) groups is 1. The Hall–Kier alpha value is -3.19. The van der Waals surface area contributed by atoms with Crippen LogP contribution in [0.25, 0.3) is 0 Å². The maximum Gasteiger partial charge on any atom is 0.347 e. The predicted octanol–water partition coefficient (Wildman–Crippen LogP) is 1.08. The smallest absolute Gasteiger partial charge is 0.347 e. The first-order valence-corrected chi connectivity index (χ1v) is 8.30. The number of anilines is 1. The average Bonchev–Trinajstić information content (AvgIpc) is 3.14. The van der Waals surface area contributed by atoms with Crippen LogP contribution in [-0.4, -0.2) is 37.6 Å². The molecule has 3 rings (SSSR count). The summed E-state index contributed by atoms with van der Waals surface area (Å²) in [6.07, 6.45) is 0. The zero-order valence-electron chi connectivity index (χ0n) is 13.3. The van der Waals surface area contributed by atoms with Gasteiger partial charge in [0.1, 0.15) is 22.5 Å². The van der Waals surface area contributed by atoms with Crippen molar-refractivity contribution >= 4 is 17.6 Å². The Bertz CT molecular complexity index is 932. The van der Waals surface area contributed by atoms with Crippen LogP contribution in [0.15, 0.2) is 40.2 Å². The van der Waals surface area contributed by atoms with Crippen molar-refractivity contribution in [3.63, 3.8) is 0 Å². The Morgan fingerprint density at radius 1 is 1.32 bits per heavy atom. The zero-order chi connectivity index (χ0) is 17.6. The Kier molecular flexibility index (Phi) is 5.06. The minimum Gasteiger partial charge on any atom is -0.356 e. The first-order chi connectivity index (χ1) is 12.2. The molecule has 3 aromatic rings. The van der Waals surface area contributed by atoms with Crippen molar-refractivity contribution in [1.82, 2.24) is 30.6 Å². The lowest BCUT2D eigenvalue weighted by Gasteiger charge is -2.20. The number of aromatic amines is 2. The molecule has 126 valence electrons. The highest BCUT2D eigenvalue weighted by Crippen LogP contribution is 2.27. The third-order valence-corrected chi connectivity index (χ3v) is 4.33. The highest BCUT2D eigenvalue weighted by molar-refractivity contribution is 7.98. The van der Waals surface area contributed by atoms with Crippen molar-refractivity contribution in [3.05, 3.63) is 57.8 Å². The fraction of sp³-hybridized carbons (Fsp3) is 0.200. The van der Waals surface area contributed by atoms with E-state index in [1.807, 2.05) is 42.3 Å². The lowest BCUT2D eigenvalue weighted by Crippen LogP contribution is -2.24. The molecule has 0 unspecified atom stereocenters. The normalized spacial score (nSPS) is 10.4. The van der Waals surface area contributed by atoms with Crippen molar-refractivity contribution in [3.8, 4) is 6.07 Å². The highest BCUT2D eigenvalue weighted by atomic mass is 32.2. The van der Waals surface area contributed by atoms with E-state index >= 15 is 0 Å². The van der Waals surface area contributed by atoms with Crippen LogP contribution in [0, 0.1) is 11.3 Å². The van der Waals surface area contributed by atoms with Crippen LogP contribution in [0.3, 0.4) is 0 Å². The molecule has 2 aromatic heterocycles. The van der Waals surface area contributed by atoms with Gasteiger partial charge in [0.2, 0.25) is 0 Å².